The van der Waals surface area contributed by atoms with E-state index in [1.807, 2.05) is 0 Å². The zero-order chi connectivity index (χ0) is 14.1. The van der Waals surface area contributed by atoms with Crippen LogP contribution in [0.25, 0.3) is 0 Å². The highest BCUT2D eigenvalue weighted by Gasteiger charge is 2.39. The van der Waals surface area contributed by atoms with Gasteiger partial charge in [0.1, 0.15) is 0 Å². The van der Waals surface area contributed by atoms with Crippen molar-refractivity contribution in [3.63, 3.8) is 0 Å². The van der Waals surface area contributed by atoms with Crippen molar-refractivity contribution in [3.8, 4) is 0 Å². The van der Waals surface area contributed by atoms with Crippen LogP contribution < -0.4 is 0 Å². The van der Waals surface area contributed by atoms with Crippen LogP contribution in [0, 0.1) is 0 Å². The third-order valence-electron chi connectivity index (χ3n) is 5.37. The van der Waals surface area contributed by atoms with Crippen molar-refractivity contribution in [1.29, 1.82) is 0 Å². The Labute approximate surface area is 127 Å². The van der Waals surface area contributed by atoms with Crippen LogP contribution in [0.4, 0.5) is 0 Å². The maximum absolute atomic E-state index is 2.75. The molecule has 1 nitrogen and oxygen atoms in total. The molecule has 1 heteroatoms. The molecule has 2 aromatic carbocycles. The van der Waals surface area contributed by atoms with E-state index in [9.17, 15) is 0 Å². The number of rotatable bonds is 2. The molecule has 2 aromatic rings. The Morgan fingerprint density at radius 2 is 1.48 bits per heavy atom. The molecular formula is C20H23N. The van der Waals surface area contributed by atoms with Gasteiger partial charge in [0.15, 0.2) is 0 Å². The molecule has 0 aromatic heterocycles. The average Bonchev–Trinajstić information content (AvgIpc) is 3.04. The zero-order valence-corrected chi connectivity index (χ0v) is 12.5. The maximum Gasteiger partial charge on any atom is 0.0165 e. The van der Waals surface area contributed by atoms with Gasteiger partial charge in [-0.15, -0.1) is 0 Å². The smallest absolute Gasteiger partial charge is 0.0165 e. The number of piperidine rings is 1. The van der Waals surface area contributed by atoms with Gasteiger partial charge in [-0.1, -0.05) is 60.7 Å². The Morgan fingerprint density at radius 3 is 2.19 bits per heavy atom. The van der Waals surface area contributed by atoms with Crippen molar-refractivity contribution in [2.75, 3.05) is 13.1 Å². The monoisotopic (exact) mass is 277 g/mol. The molecule has 3 atom stereocenters. The van der Waals surface area contributed by atoms with E-state index in [0.29, 0.717) is 11.8 Å². The van der Waals surface area contributed by atoms with Crippen molar-refractivity contribution < 1.29 is 0 Å². The summed E-state index contributed by atoms with van der Waals surface area (Å²) in [6, 6.07) is 23.1. The summed E-state index contributed by atoms with van der Waals surface area (Å²) in [5, 5.41) is 0. The lowest BCUT2D eigenvalue weighted by molar-refractivity contribution is 0.154. The number of fused-ring (bicyclic) bond motifs is 1. The van der Waals surface area contributed by atoms with E-state index in [2.05, 4.69) is 65.6 Å². The van der Waals surface area contributed by atoms with Crippen molar-refractivity contribution >= 4 is 0 Å². The van der Waals surface area contributed by atoms with Gasteiger partial charge < -0.3 is 0 Å². The Kier molecular flexibility index (Phi) is 3.52. The van der Waals surface area contributed by atoms with Gasteiger partial charge in [0.25, 0.3) is 0 Å². The summed E-state index contributed by atoms with van der Waals surface area (Å²) < 4.78 is 0. The molecular weight excluding hydrogens is 254 g/mol. The topological polar surface area (TPSA) is 3.24 Å². The molecule has 0 amide bonds. The summed E-state index contributed by atoms with van der Waals surface area (Å²) in [7, 11) is 0. The van der Waals surface area contributed by atoms with Gasteiger partial charge in [-0.05, 0) is 42.9 Å². The summed E-state index contributed by atoms with van der Waals surface area (Å²) in [5.41, 5.74) is 3.05. The summed E-state index contributed by atoms with van der Waals surface area (Å²) in [4.78, 5) is 2.75. The third kappa shape index (κ3) is 2.51. The normalized spacial score (nSPS) is 29.2. The fourth-order valence-corrected chi connectivity index (χ4v) is 4.38. The first-order valence-electron chi connectivity index (χ1n) is 8.26. The molecule has 21 heavy (non-hydrogen) atoms. The first kappa shape index (κ1) is 13.1. The first-order chi connectivity index (χ1) is 10.4. The Morgan fingerprint density at radius 1 is 0.810 bits per heavy atom. The highest BCUT2D eigenvalue weighted by Crippen LogP contribution is 2.43. The molecule has 0 spiro atoms. The minimum Gasteiger partial charge on any atom is -0.299 e. The van der Waals surface area contributed by atoms with Gasteiger partial charge in [0, 0.05) is 18.5 Å². The predicted octanol–water partition coefficient (Wildman–Crippen LogP) is 4.42. The van der Waals surface area contributed by atoms with E-state index in [1.54, 1.807) is 0 Å². The van der Waals surface area contributed by atoms with E-state index >= 15 is 0 Å². The molecule has 0 bridgehead atoms. The third-order valence-corrected chi connectivity index (χ3v) is 5.37. The number of hydrogen-bond acceptors (Lipinski definition) is 1. The predicted molar refractivity (Wildman–Crippen MR) is 87.6 cm³/mol. The second-order valence-electron chi connectivity index (χ2n) is 6.56. The van der Waals surface area contributed by atoms with Crippen LogP contribution in [0.1, 0.15) is 42.2 Å². The van der Waals surface area contributed by atoms with Crippen LogP contribution in [0.2, 0.25) is 0 Å². The highest BCUT2D eigenvalue weighted by atomic mass is 15.2. The Bertz CT molecular complexity index is 577. The summed E-state index contributed by atoms with van der Waals surface area (Å²) in [5.74, 6) is 1.39. The molecule has 2 fully saturated rings. The van der Waals surface area contributed by atoms with Crippen molar-refractivity contribution in [1.82, 2.24) is 4.90 Å². The molecule has 3 unspecified atom stereocenters. The summed E-state index contributed by atoms with van der Waals surface area (Å²) in [6.45, 7) is 2.54. The zero-order valence-electron chi connectivity index (χ0n) is 12.5. The number of benzene rings is 2. The van der Waals surface area contributed by atoms with Crippen LogP contribution in [-0.2, 0) is 0 Å². The summed E-state index contributed by atoms with van der Waals surface area (Å²) in [6.07, 6.45) is 4.05. The van der Waals surface area contributed by atoms with Crippen molar-refractivity contribution in [3.05, 3.63) is 71.8 Å². The van der Waals surface area contributed by atoms with Gasteiger partial charge in [0.05, 0.1) is 0 Å². The fourth-order valence-electron chi connectivity index (χ4n) is 4.38. The molecule has 2 aliphatic heterocycles. The van der Waals surface area contributed by atoms with Crippen LogP contribution in [0.15, 0.2) is 60.7 Å². The number of nitrogens with zero attached hydrogens (tertiary/aromatic N) is 1. The van der Waals surface area contributed by atoms with E-state index in [0.717, 1.165) is 6.04 Å². The van der Waals surface area contributed by atoms with Crippen LogP contribution in [0.5, 0.6) is 0 Å². The second kappa shape index (κ2) is 5.65. The van der Waals surface area contributed by atoms with Gasteiger partial charge in [-0.2, -0.15) is 0 Å². The van der Waals surface area contributed by atoms with Gasteiger partial charge in [-0.25, -0.2) is 0 Å². The lowest BCUT2D eigenvalue weighted by Crippen LogP contribution is -2.43. The number of hydrogen-bond donors (Lipinski definition) is 0. The average molecular weight is 277 g/mol. The molecule has 2 heterocycles. The van der Waals surface area contributed by atoms with E-state index in [-0.39, 0.29) is 0 Å². The van der Waals surface area contributed by atoms with Crippen molar-refractivity contribution in [2.45, 2.75) is 37.1 Å². The van der Waals surface area contributed by atoms with Crippen LogP contribution >= 0.6 is 0 Å². The largest absolute Gasteiger partial charge is 0.299 e. The van der Waals surface area contributed by atoms with Crippen LogP contribution in [-0.4, -0.2) is 24.0 Å². The van der Waals surface area contributed by atoms with Gasteiger partial charge in [0.2, 0.25) is 0 Å². The molecule has 2 aliphatic rings. The van der Waals surface area contributed by atoms with Gasteiger partial charge >= 0.3 is 0 Å². The lowest BCUT2D eigenvalue weighted by Gasteiger charge is -2.41. The quantitative estimate of drug-likeness (QED) is 0.785. The van der Waals surface area contributed by atoms with E-state index in [1.165, 1.54) is 43.5 Å². The molecule has 0 saturated carbocycles. The summed E-state index contributed by atoms with van der Waals surface area (Å²) >= 11 is 0. The minimum atomic E-state index is 0.686. The molecule has 4 rings (SSSR count). The van der Waals surface area contributed by atoms with E-state index in [4.69, 9.17) is 0 Å². The second-order valence-corrected chi connectivity index (χ2v) is 6.56. The minimum absolute atomic E-state index is 0.686. The molecule has 108 valence electrons. The molecule has 2 saturated heterocycles. The lowest BCUT2D eigenvalue weighted by atomic mass is 9.77. The van der Waals surface area contributed by atoms with E-state index < -0.39 is 0 Å². The van der Waals surface area contributed by atoms with Crippen LogP contribution in [0.3, 0.4) is 0 Å². The Hall–Kier alpha value is -1.60. The standard InChI is InChI=1S/C20H23N/c1-3-8-16(9-4-1)18-14-19(17-10-5-2-6-11-17)20-12-7-13-21(20)15-18/h1-6,8-11,18-20H,7,12-15H2. The van der Waals surface area contributed by atoms with Gasteiger partial charge in [-0.3, -0.25) is 4.90 Å². The molecule has 0 N–H and O–H groups in total. The Balaban J connectivity index is 1.65. The molecule has 0 radical (unpaired) electrons. The van der Waals surface area contributed by atoms with Crippen molar-refractivity contribution in [2.24, 2.45) is 0 Å². The first-order valence-corrected chi connectivity index (χ1v) is 8.26. The SMILES string of the molecule is c1ccc(C2CC(c3ccccc3)C3CCCN3C2)cc1. The maximum atomic E-state index is 2.75. The highest BCUT2D eigenvalue weighted by molar-refractivity contribution is 5.27. The molecule has 0 aliphatic carbocycles. The fraction of sp³-hybridized carbons (Fsp3) is 0.400.